The highest BCUT2D eigenvalue weighted by atomic mass is 16.5. The van der Waals surface area contributed by atoms with Crippen molar-refractivity contribution in [2.45, 2.75) is 19.4 Å². The lowest BCUT2D eigenvalue weighted by atomic mass is 9.99. The topological polar surface area (TPSA) is 64.9 Å². The molecule has 2 aromatic rings. The van der Waals surface area contributed by atoms with Gasteiger partial charge < -0.3 is 10.3 Å². The molecule has 2 N–H and O–H groups in total. The molecule has 1 unspecified atom stereocenters. The van der Waals surface area contributed by atoms with E-state index in [1.54, 1.807) is 0 Å². The van der Waals surface area contributed by atoms with E-state index in [0.717, 1.165) is 12.0 Å². The van der Waals surface area contributed by atoms with Gasteiger partial charge in [0.15, 0.2) is 5.82 Å². The first-order chi connectivity index (χ1) is 7.33. The highest BCUT2D eigenvalue weighted by Crippen LogP contribution is 2.20. The van der Waals surface area contributed by atoms with Gasteiger partial charge in [0.2, 0.25) is 6.39 Å². The Balaban J connectivity index is 2.37. The van der Waals surface area contributed by atoms with Crippen LogP contribution in [0.25, 0.3) is 0 Å². The van der Waals surface area contributed by atoms with Gasteiger partial charge in [-0.1, -0.05) is 36.3 Å². The molecular formula is C11H13N3O. The molecule has 4 nitrogen and oxygen atoms in total. The number of nitrogens with two attached hydrogens (primary N) is 1. The zero-order chi connectivity index (χ0) is 10.7. The molecule has 0 fully saturated rings. The normalized spacial score (nSPS) is 12.7. The van der Waals surface area contributed by atoms with Gasteiger partial charge in [0, 0.05) is 0 Å². The van der Waals surface area contributed by atoms with E-state index in [1.807, 2.05) is 18.2 Å². The van der Waals surface area contributed by atoms with Crippen LogP contribution >= 0.6 is 0 Å². The number of aromatic nitrogens is 2. The Bertz CT molecular complexity index is 425. The molecule has 15 heavy (non-hydrogen) atoms. The van der Waals surface area contributed by atoms with Gasteiger partial charge in [-0.25, -0.2) is 0 Å². The first-order valence-electron chi connectivity index (χ1n) is 4.92. The molecule has 0 saturated carbocycles. The Hall–Kier alpha value is -1.68. The molecule has 0 bridgehead atoms. The number of nitrogens with zero attached hydrogens (tertiary/aromatic N) is 2. The summed E-state index contributed by atoms with van der Waals surface area (Å²) in [7, 11) is 0. The molecule has 0 aliphatic rings. The fraction of sp³-hybridized carbons (Fsp3) is 0.273. The average Bonchev–Trinajstić information content (AvgIpc) is 2.81. The number of hydrogen-bond donors (Lipinski definition) is 1. The predicted octanol–water partition coefficient (Wildman–Crippen LogP) is 1.68. The molecule has 1 heterocycles. The van der Waals surface area contributed by atoms with Crippen LogP contribution in [0.1, 0.15) is 29.9 Å². The maximum atomic E-state index is 6.05. The summed E-state index contributed by atoms with van der Waals surface area (Å²) in [6, 6.07) is 7.73. The summed E-state index contributed by atoms with van der Waals surface area (Å²) >= 11 is 0. The third-order valence-electron chi connectivity index (χ3n) is 2.43. The monoisotopic (exact) mass is 203 g/mol. The molecule has 2 rings (SSSR count). The number of hydrogen-bond acceptors (Lipinski definition) is 4. The molecule has 1 aromatic heterocycles. The van der Waals surface area contributed by atoms with E-state index in [4.69, 9.17) is 5.73 Å². The van der Waals surface area contributed by atoms with Crippen LogP contribution in [-0.4, -0.2) is 10.1 Å². The van der Waals surface area contributed by atoms with Crippen molar-refractivity contribution in [3.8, 4) is 0 Å². The molecule has 1 aromatic carbocycles. The van der Waals surface area contributed by atoms with E-state index >= 15 is 0 Å². The summed E-state index contributed by atoms with van der Waals surface area (Å²) in [5, 5.41) is 3.76. The first-order valence-corrected chi connectivity index (χ1v) is 4.92. The largest absolute Gasteiger partial charge is 0.343 e. The van der Waals surface area contributed by atoms with Crippen molar-refractivity contribution < 1.29 is 4.52 Å². The van der Waals surface area contributed by atoms with E-state index < -0.39 is 0 Å². The van der Waals surface area contributed by atoms with Crippen molar-refractivity contribution >= 4 is 0 Å². The van der Waals surface area contributed by atoms with Gasteiger partial charge in [0.05, 0.1) is 6.04 Å². The van der Waals surface area contributed by atoms with Crippen molar-refractivity contribution in [3.63, 3.8) is 0 Å². The Morgan fingerprint density at radius 1 is 1.40 bits per heavy atom. The molecule has 0 saturated heterocycles. The van der Waals surface area contributed by atoms with Crippen LogP contribution in [0.15, 0.2) is 35.2 Å². The Morgan fingerprint density at radius 3 is 2.87 bits per heavy atom. The predicted molar refractivity (Wildman–Crippen MR) is 56.1 cm³/mol. The number of aryl methyl sites for hydroxylation is 1. The zero-order valence-corrected chi connectivity index (χ0v) is 8.55. The Labute approximate surface area is 88.1 Å². The van der Waals surface area contributed by atoms with E-state index in [0.29, 0.717) is 5.82 Å². The minimum absolute atomic E-state index is 0.306. The maximum Gasteiger partial charge on any atom is 0.213 e. The zero-order valence-electron chi connectivity index (χ0n) is 8.55. The van der Waals surface area contributed by atoms with Crippen molar-refractivity contribution in [1.82, 2.24) is 10.1 Å². The fourth-order valence-corrected chi connectivity index (χ4v) is 1.61. The van der Waals surface area contributed by atoms with Gasteiger partial charge >= 0.3 is 0 Å². The molecule has 0 aliphatic carbocycles. The van der Waals surface area contributed by atoms with Gasteiger partial charge in [-0.2, -0.15) is 4.98 Å². The molecular weight excluding hydrogens is 190 g/mol. The highest BCUT2D eigenvalue weighted by molar-refractivity contribution is 5.32. The molecule has 0 radical (unpaired) electrons. The first kappa shape index (κ1) is 9.86. The Kier molecular flexibility index (Phi) is 2.78. The fourth-order valence-electron chi connectivity index (χ4n) is 1.61. The van der Waals surface area contributed by atoms with Crippen molar-refractivity contribution in [2.75, 3.05) is 0 Å². The van der Waals surface area contributed by atoms with Gasteiger partial charge in [0.1, 0.15) is 0 Å². The van der Waals surface area contributed by atoms with E-state index in [2.05, 4.69) is 27.7 Å². The third kappa shape index (κ3) is 1.89. The molecule has 0 spiro atoms. The van der Waals surface area contributed by atoms with Crippen LogP contribution < -0.4 is 5.73 Å². The van der Waals surface area contributed by atoms with Crippen LogP contribution in [0.5, 0.6) is 0 Å². The van der Waals surface area contributed by atoms with Crippen LogP contribution in [0.3, 0.4) is 0 Å². The quantitative estimate of drug-likeness (QED) is 0.824. The molecule has 1 atom stereocenters. The average molecular weight is 203 g/mol. The second-order valence-corrected chi connectivity index (χ2v) is 3.32. The van der Waals surface area contributed by atoms with Crippen molar-refractivity contribution in [2.24, 2.45) is 5.73 Å². The van der Waals surface area contributed by atoms with Crippen molar-refractivity contribution in [3.05, 3.63) is 47.6 Å². The highest BCUT2D eigenvalue weighted by Gasteiger charge is 2.15. The third-order valence-corrected chi connectivity index (χ3v) is 2.43. The smallest absolute Gasteiger partial charge is 0.213 e. The minimum Gasteiger partial charge on any atom is -0.343 e. The molecule has 78 valence electrons. The summed E-state index contributed by atoms with van der Waals surface area (Å²) in [4.78, 5) is 3.97. The van der Waals surface area contributed by atoms with E-state index in [1.165, 1.54) is 12.0 Å². The Morgan fingerprint density at radius 2 is 2.20 bits per heavy atom. The van der Waals surface area contributed by atoms with E-state index in [-0.39, 0.29) is 6.04 Å². The van der Waals surface area contributed by atoms with Crippen LogP contribution in [-0.2, 0) is 6.42 Å². The number of rotatable bonds is 3. The summed E-state index contributed by atoms with van der Waals surface area (Å²) in [6.07, 6.45) is 2.24. The SMILES string of the molecule is CCc1ccccc1C(N)c1ncon1. The lowest BCUT2D eigenvalue weighted by molar-refractivity contribution is 0.407. The standard InChI is InChI=1S/C11H13N3O/c1-2-8-5-3-4-6-9(8)10(12)11-13-7-15-14-11/h3-7,10H,2,12H2,1H3. The summed E-state index contributed by atoms with van der Waals surface area (Å²) in [5.41, 5.74) is 8.33. The summed E-state index contributed by atoms with van der Waals surface area (Å²) in [5.74, 6) is 0.524. The summed E-state index contributed by atoms with van der Waals surface area (Å²) in [6.45, 7) is 2.10. The van der Waals surface area contributed by atoms with Gasteiger partial charge in [-0.15, -0.1) is 0 Å². The second-order valence-electron chi connectivity index (χ2n) is 3.32. The lowest BCUT2D eigenvalue weighted by Crippen LogP contribution is -2.15. The van der Waals surface area contributed by atoms with Gasteiger partial charge in [0.25, 0.3) is 0 Å². The number of benzene rings is 1. The van der Waals surface area contributed by atoms with Crippen LogP contribution in [0, 0.1) is 0 Å². The maximum absolute atomic E-state index is 6.05. The minimum atomic E-state index is -0.306. The van der Waals surface area contributed by atoms with E-state index in [9.17, 15) is 0 Å². The molecule has 4 heteroatoms. The second kappa shape index (κ2) is 4.23. The molecule has 0 aliphatic heterocycles. The lowest BCUT2D eigenvalue weighted by Gasteiger charge is -2.11. The molecule has 0 amide bonds. The van der Waals surface area contributed by atoms with Crippen LogP contribution in [0.2, 0.25) is 0 Å². The van der Waals surface area contributed by atoms with Crippen molar-refractivity contribution in [1.29, 1.82) is 0 Å². The van der Waals surface area contributed by atoms with Gasteiger partial charge in [-0.05, 0) is 17.5 Å². The van der Waals surface area contributed by atoms with Gasteiger partial charge in [-0.3, -0.25) is 0 Å². The summed E-state index contributed by atoms with van der Waals surface area (Å²) < 4.78 is 4.69. The van der Waals surface area contributed by atoms with Crippen LogP contribution in [0.4, 0.5) is 0 Å².